The van der Waals surface area contributed by atoms with Crippen LogP contribution in [0.2, 0.25) is 5.02 Å². The standard InChI is InChI=1S/C17H15BrClNO3/c18-12-6-9-15(14(10-12)17(22)23)20-16(21)3-1-2-11-4-7-13(19)8-5-11/h4-10H,1-3H2,(H,20,21)(H,22,23). The zero-order valence-electron chi connectivity index (χ0n) is 12.2. The Balaban J connectivity index is 1.90. The molecule has 120 valence electrons. The van der Waals surface area contributed by atoms with E-state index in [2.05, 4.69) is 21.2 Å². The second kappa shape index (κ2) is 8.13. The van der Waals surface area contributed by atoms with E-state index in [1.165, 1.54) is 6.07 Å². The zero-order chi connectivity index (χ0) is 16.8. The first-order chi connectivity index (χ1) is 11.0. The van der Waals surface area contributed by atoms with Crippen LogP contribution in [0.4, 0.5) is 5.69 Å². The number of aromatic carboxylic acids is 1. The molecule has 0 aliphatic rings. The minimum Gasteiger partial charge on any atom is -0.478 e. The van der Waals surface area contributed by atoms with Crippen LogP contribution >= 0.6 is 27.5 Å². The lowest BCUT2D eigenvalue weighted by molar-refractivity contribution is -0.116. The van der Waals surface area contributed by atoms with Gasteiger partial charge >= 0.3 is 5.97 Å². The molecule has 0 bridgehead atoms. The predicted octanol–water partition coefficient (Wildman–Crippen LogP) is 4.76. The van der Waals surface area contributed by atoms with Gasteiger partial charge in [-0.2, -0.15) is 0 Å². The van der Waals surface area contributed by atoms with Crippen molar-refractivity contribution in [2.75, 3.05) is 5.32 Å². The second-order valence-corrected chi connectivity index (χ2v) is 6.38. The number of halogens is 2. The lowest BCUT2D eigenvalue weighted by atomic mass is 10.1. The van der Waals surface area contributed by atoms with Gasteiger partial charge in [0.1, 0.15) is 0 Å². The van der Waals surface area contributed by atoms with Crippen LogP contribution < -0.4 is 5.32 Å². The van der Waals surface area contributed by atoms with Gasteiger partial charge < -0.3 is 10.4 Å². The third kappa shape index (κ3) is 5.37. The highest BCUT2D eigenvalue weighted by Gasteiger charge is 2.13. The van der Waals surface area contributed by atoms with E-state index < -0.39 is 5.97 Å². The van der Waals surface area contributed by atoms with E-state index in [1.807, 2.05) is 24.3 Å². The van der Waals surface area contributed by atoms with Crippen LogP contribution in [0.3, 0.4) is 0 Å². The fourth-order valence-corrected chi connectivity index (χ4v) is 2.61. The van der Waals surface area contributed by atoms with Crippen molar-refractivity contribution in [3.8, 4) is 0 Å². The highest BCUT2D eigenvalue weighted by molar-refractivity contribution is 9.10. The maximum absolute atomic E-state index is 12.0. The van der Waals surface area contributed by atoms with E-state index in [-0.39, 0.29) is 11.5 Å². The molecule has 2 aromatic rings. The molecule has 2 N–H and O–H groups in total. The quantitative estimate of drug-likeness (QED) is 0.739. The molecule has 1 amide bonds. The van der Waals surface area contributed by atoms with Gasteiger partial charge in [-0.15, -0.1) is 0 Å². The van der Waals surface area contributed by atoms with Crippen LogP contribution in [0.15, 0.2) is 46.9 Å². The summed E-state index contributed by atoms with van der Waals surface area (Å²) in [5.41, 5.74) is 1.47. The normalized spacial score (nSPS) is 10.3. The van der Waals surface area contributed by atoms with Crippen LogP contribution in [-0.4, -0.2) is 17.0 Å². The zero-order valence-corrected chi connectivity index (χ0v) is 14.5. The number of carboxylic acids is 1. The van der Waals surface area contributed by atoms with E-state index in [0.717, 1.165) is 12.0 Å². The van der Waals surface area contributed by atoms with Gasteiger partial charge in [0.05, 0.1) is 11.3 Å². The number of carbonyl (C=O) groups excluding carboxylic acids is 1. The number of hydrogen-bond donors (Lipinski definition) is 2. The summed E-state index contributed by atoms with van der Waals surface area (Å²) in [5, 5.41) is 12.5. The molecule has 0 atom stereocenters. The molecule has 2 aromatic carbocycles. The first-order valence-corrected chi connectivity index (χ1v) is 8.20. The molecule has 0 saturated heterocycles. The van der Waals surface area contributed by atoms with E-state index in [0.29, 0.717) is 28.0 Å². The Morgan fingerprint density at radius 2 is 1.83 bits per heavy atom. The van der Waals surface area contributed by atoms with Crippen molar-refractivity contribution in [1.29, 1.82) is 0 Å². The van der Waals surface area contributed by atoms with Gasteiger partial charge in [-0.05, 0) is 48.7 Å². The second-order valence-electron chi connectivity index (χ2n) is 5.02. The van der Waals surface area contributed by atoms with E-state index in [9.17, 15) is 9.59 Å². The van der Waals surface area contributed by atoms with Crippen LogP contribution in [0, 0.1) is 0 Å². The largest absolute Gasteiger partial charge is 0.478 e. The van der Waals surface area contributed by atoms with E-state index >= 15 is 0 Å². The Kier molecular flexibility index (Phi) is 6.19. The Labute approximate surface area is 147 Å². The SMILES string of the molecule is O=C(CCCc1ccc(Cl)cc1)Nc1ccc(Br)cc1C(=O)O. The third-order valence-corrected chi connectivity index (χ3v) is 4.01. The average molecular weight is 397 g/mol. The van der Waals surface area contributed by atoms with Gasteiger partial charge in [-0.1, -0.05) is 39.7 Å². The summed E-state index contributed by atoms with van der Waals surface area (Å²) in [7, 11) is 0. The number of amides is 1. The van der Waals surface area contributed by atoms with Crippen molar-refractivity contribution in [3.63, 3.8) is 0 Å². The molecule has 0 aromatic heterocycles. The summed E-state index contributed by atoms with van der Waals surface area (Å²) >= 11 is 9.04. The highest BCUT2D eigenvalue weighted by Crippen LogP contribution is 2.21. The molecule has 23 heavy (non-hydrogen) atoms. The molecule has 0 aliphatic heterocycles. The van der Waals surface area contributed by atoms with Gasteiger partial charge in [0, 0.05) is 15.9 Å². The number of benzene rings is 2. The van der Waals surface area contributed by atoms with Gasteiger partial charge in [-0.3, -0.25) is 4.79 Å². The summed E-state index contributed by atoms with van der Waals surface area (Å²) in [6.45, 7) is 0. The summed E-state index contributed by atoms with van der Waals surface area (Å²) in [4.78, 5) is 23.2. The van der Waals surface area contributed by atoms with Crippen LogP contribution in [0.25, 0.3) is 0 Å². The molecule has 0 unspecified atom stereocenters. The fraction of sp³-hybridized carbons (Fsp3) is 0.176. The van der Waals surface area contributed by atoms with Crippen molar-refractivity contribution in [1.82, 2.24) is 0 Å². The van der Waals surface area contributed by atoms with Crippen molar-refractivity contribution in [3.05, 3.63) is 63.1 Å². The van der Waals surface area contributed by atoms with E-state index in [1.54, 1.807) is 12.1 Å². The molecule has 0 heterocycles. The van der Waals surface area contributed by atoms with Crippen molar-refractivity contribution < 1.29 is 14.7 Å². The van der Waals surface area contributed by atoms with Crippen molar-refractivity contribution in [2.45, 2.75) is 19.3 Å². The minimum absolute atomic E-state index is 0.0606. The molecule has 0 radical (unpaired) electrons. The highest BCUT2D eigenvalue weighted by atomic mass is 79.9. The maximum atomic E-state index is 12.0. The predicted molar refractivity (Wildman–Crippen MR) is 94.1 cm³/mol. The Hall–Kier alpha value is -1.85. The first kappa shape index (κ1) is 17.5. The molecular formula is C17H15BrClNO3. The molecule has 0 spiro atoms. The lowest BCUT2D eigenvalue weighted by Crippen LogP contribution is -2.14. The van der Waals surface area contributed by atoms with Crippen molar-refractivity contribution >= 4 is 45.1 Å². The van der Waals surface area contributed by atoms with Crippen molar-refractivity contribution in [2.24, 2.45) is 0 Å². The summed E-state index contributed by atoms with van der Waals surface area (Å²) in [5.74, 6) is -1.29. The van der Waals surface area contributed by atoms with Crippen LogP contribution in [0.5, 0.6) is 0 Å². The molecular weight excluding hydrogens is 382 g/mol. The van der Waals surface area contributed by atoms with Crippen LogP contribution in [0.1, 0.15) is 28.8 Å². The monoisotopic (exact) mass is 395 g/mol. The topological polar surface area (TPSA) is 66.4 Å². The Morgan fingerprint density at radius 1 is 1.13 bits per heavy atom. The summed E-state index contributed by atoms with van der Waals surface area (Å²) in [6, 6.07) is 12.2. The molecule has 0 aliphatic carbocycles. The number of nitrogens with one attached hydrogen (secondary N) is 1. The fourth-order valence-electron chi connectivity index (χ4n) is 2.12. The smallest absolute Gasteiger partial charge is 0.337 e. The van der Waals surface area contributed by atoms with Gasteiger partial charge in [0.25, 0.3) is 0 Å². The summed E-state index contributed by atoms with van der Waals surface area (Å²) < 4.78 is 0.649. The Morgan fingerprint density at radius 3 is 2.48 bits per heavy atom. The molecule has 0 saturated carbocycles. The number of carbonyl (C=O) groups is 2. The third-order valence-electron chi connectivity index (χ3n) is 3.27. The number of aryl methyl sites for hydroxylation is 1. The minimum atomic E-state index is -1.08. The molecule has 2 rings (SSSR count). The number of anilines is 1. The Bertz CT molecular complexity index is 716. The number of carboxylic acid groups (broad SMARTS) is 1. The van der Waals surface area contributed by atoms with E-state index in [4.69, 9.17) is 16.7 Å². The van der Waals surface area contributed by atoms with Crippen LogP contribution in [-0.2, 0) is 11.2 Å². The maximum Gasteiger partial charge on any atom is 0.337 e. The molecule has 0 fully saturated rings. The number of hydrogen-bond acceptors (Lipinski definition) is 2. The summed E-state index contributed by atoms with van der Waals surface area (Å²) in [6.07, 6.45) is 1.75. The first-order valence-electron chi connectivity index (χ1n) is 7.03. The van der Waals surface area contributed by atoms with Gasteiger partial charge in [0.15, 0.2) is 0 Å². The number of rotatable bonds is 6. The molecule has 6 heteroatoms. The molecule has 4 nitrogen and oxygen atoms in total. The van der Waals surface area contributed by atoms with Gasteiger partial charge in [0.2, 0.25) is 5.91 Å². The average Bonchev–Trinajstić information content (AvgIpc) is 2.51. The lowest BCUT2D eigenvalue weighted by Gasteiger charge is -2.09. The van der Waals surface area contributed by atoms with Gasteiger partial charge in [-0.25, -0.2) is 4.79 Å².